The molecule has 23 heavy (non-hydrogen) atoms. The zero-order chi connectivity index (χ0) is 17.0. The van der Waals surface area contributed by atoms with Crippen molar-refractivity contribution in [1.29, 1.82) is 0 Å². The molecule has 0 saturated heterocycles. The van der Waals surface area contributed by atoms with E-state index in [1.165, 1.54) is 6.07 Å². The Hall–Kier alpha value is -3.76. The average molecular weight is 320 g/mol. The molecule has 1 amide bonds. The Bertz CT molecular complexity index is 811. The Labute approximate surface area is 127 Å². The molecule has 1 aromatic carbocycles. The summed E-state index contributed by atoms with van der Waals surface area (Å²) in [6.07, 6.45) is 1.04. The zero-order valence-corrected chi connectivity index (χ0v) is 11.2. The number of hydrazone groups is 1. The number of hydrogen-bond acceptors (Lipinski definition) is 8. The van der Waals surface area contributed by atoms with Gasteiger partial charge in [0.2, 0.25) is 0 Å². The molecule has 1 heterocycles. The van der Waals surface area contributed by atoms with Gasteiger partial charge in [-0.1, -0.05) is 0 Å². The molecule has 0 unspecified atom stereocenters. The minimum atomic E-state index is -0.793. The van der Waals surface area contributed by atoms with Crippen molar-refractivity contribution in [2.45, 2.75) is 0 Å². The van der Waals surface area contributed by atoms with E-state index in [1.54, 1.807) is 0 Å². The van der Waals surface area contributed by atoms with Crippen LogP contribution in [0.25, 0.3) is 0 Å². The van der Waals surface area contributed by atoms with Crippen LogP contribution in [0.15, 0.2) is 39.9 Å². The molecule has 0 saturated carbocycles. The summed E-state index contributed by atoms with van der Waals surface area (Å²) in [5.74, 6) is -1.83. The lowest BCUT2D eigenvalue weighted by molar-refractivity contribution is -0.402. The van der Waals surface area contributed by atoms with E-state index in [4.69, 9.17) is 4.42 Å². The number of carbonyl (C=O) groups excluding carboxylic acids is 1. The van der Waals surface area contributed by atoms with Gasteiger partial charge in [-0.05, 0) is 18.2 Å². The van der Waals surface area contributed by atoms with Gasteiger partial charge < -0.3 is 9.52 Å². The van der Waals surface area contributed by atoms with Crippen molar-refractivity contribution in [1.82, 2.24) is 5.43 Å². The molecular weight excluding hydrogens is 312 g/mol. The number of phenols is 1. The minimum absolute atomic E-state index is 0.0450. The molecule has 0 bridgehead atoms. The summed E-state index contributed by atoms with van der Waals surface area (Å²) < 4.78 is 4.78. The number of rotatable bonds is 5. The van der Waals surface area contributed by atoms with Gasteiger partial charge >= 0.3 is 11.6 Å². The van der Waals surface area contributed by atoms with Crippen molar-refractivity contribution in [3.63, 3.8) is 0 Å². The highest BCUT2D eigenvalue weighted by atomic mass is 16.6. The average Bonchev–Trinajstić information content (AvgIpc) is 2.95. The van der Waals surface area contributed by atoms with E-state index in [2.05, 4.69) is 10.5 Å². The Morgan fingerprint density at radius 3 is 2.52 bits per heavy atom. The maximum absolute atomic E-state index is 11.7. The molecule has 0 aliphatic carbocycles. The molecule has 0 spiro atoms. The van der Waals surface area contributed by atoms with Crippen molar-refractivity contribution in [2.75, 3.05) is 0 Å². The van der Waals surface area contributed by atoms with E-state index in [-0.39, 0.29) is 11.3 Å². The van der Waals surface area contributed by atoms with Crippen LogP contribution in [-0.2, 0) is 0 Å². The second-order valence-corrected chi connectivity index (χ2v) is 4.09. The third kappa shape index (κ3) is 3.66. The molecule has 2 N–H and O–H groups in total. The third-order valence-corrected chi connectivity index (χ3v) is 2.58. The Morgan fingerprint density at radius 2 is 1.96 bits per heavy atom. The van der Waals surface area contributed by atoms with Crippen molar-refractivity contribution in [2.24, 2.45) is 5.10 Å². The second kappa shape index (κ2) is 6.34. The van der Waals surface area contributed by atoms with Crippen LogP contribution in [0.5, 0.6) is 5.75 Å². The fraction of sp³-hybridized carbons (Fsp3) is 0. The summed E-state index contributed by atoms with van der Waals surface area (Å²) in [6, 6.07) is 5.44. The number of nitro benzene ring substituents is 1. The second-order valence-electron chi connectivity index (χ2n) is 4.09. The number of nitro groups is 2. The molecule has 11 heteroatoms. The summed E-state index contributed by atoms with van der Waals surface area (Å²) in [6.45, 7) is 0. The van der Waals surface area contributed by atoms with Gasteiger partial charge in [0.25, 0.3) is 5.91 Å². The molecule has 0 atom stereocenters. The first-order valence-corrected chi connectivity index (χ1v) is 5.93. The Kier molecular flexibility index (Phi) is 4.31. The number of amides is 1. The standard InChI is InChI=1S/C12H8N4O7/c17-10-5-7(1-3-9(10)15(19)20)12(18)14-13-6-8-2-4-11(23-8)16(21)22/h1-6,17H,(H,14,18)/b13-6+. The van der Waals surface area contributed by atoms with Crippen molar-refractivity contribution < 1.29 is 24.2 Å². The number of aromatic hydroxyl groups is 1. The predicted molar refractivity (Wildman–Crippen MR) is 75.2 cm³/mol. The van der Waals surface area contributed by atoms with E-state index >= 15 is 0 Å². The van der Waals surface area contributed by atoms with Gasteiger partial charge in [0.15, 0.2) is 11.5 Å². The molecule has 11 nitrogen and oxygen atoms in total. The van der Waals surface area contributed by atoms with Crippen LogP contribution in [0, 0.1) is 20.2 Å². The van der Waals surface area contributed by atoms with Crippen LogP contribution >= 0.6 is 0 Å². The van der Waals surface area contributed by atoms with E-state index in [9.17, 15) is 30.1 Å². The van der Waals surface area contributed by atoms with Gasteiger partial charge in [0.05, 0.1) is 17.2 Å². The van der Waals surface area contributed by atoms with E-state index in [0.29, 0.717) is 0 Å². The predicted octanol–water partition coefficient (Wildman–Crippen LogP) is 1.57. The van der Waals surface area contributed by atoms with Gasteiger partial charge in [-0.25, -0.2) is 5.43 Å². The highest BCUT2D eigenvalue weighted by Gasteiger charge is 2.16. The highest BCUT2D eigenvalue weighted by Crippen LogP contribution is 2.26. The zero-order valence-electron chi connectivity index (χ0n) is 11.2. The molecule has 118 valence electrons. The molecule has 1 aromatic heterocycles. The summed E-state index contributed by atoms with van der Waals surface area (Å²) in [4.78, 5) is 31.2. The highest BCUT2D eigenvalue weighted by molar-refractivity contribution is 5.95. The van der Waals surface area contributed by atoms with Crippen molar-refractivity contribution in [3.8, 4) is 5.75 Å². The fourth-order valence-corrected chi connectivity index (χ4v) is 1.55. The number of phenolic OH excluding ortho intramolecular Hbond substituents is 1. The van der Waals surface area contributed by atoms with E-state index in [0.717, 1.165) is 30.5 Å². The fourth-order valence-electron chi connectivity index (χ4n) is 1.55. The SMILES string of the molecule is O=C(N/N=C/c1ccc([N+](=O)[O-])o1)c1ccc([N+](=O)[O-])c(O)c1. The van der Waals surface area contributed by atoms with Crippen molar-refractivity contribution in [3.05, 3.63) is 61.9 Å². The maximum Gasteiger partial charge on any atom is 0.433 e. The lowest BCUT2D eigenvalue weighted by Crippen LogP contribution is -2.17. The summed E-state index contributed by atoms with van der Waals surface area (Å²) in [7, 11) is 0. The van der Waals surface area contributed by atoms with Crippen LogP contribution in [0.3, 0.4) is 0 Å². The van der Waals surface area contributed by atoms with Crippen LogP contribution in [-0.4, -0.2) is 27.1 Å². The number of nitrogens with one attached hydrogen (secondary N) is 1. The number of nitrogens with zero attached hydrogens (tertiary/aromatic N) is 3. The molecule has 0 fully saturated rings. The number of carbonyl (C=O) groups is 1. The maximum atomic E-state index is 11.7. The topological polar surface area (TPSA) is 161 Å². The van der Waals surface area contributed by atoms with Gasteiger partial charge in [-0.3, -0.25) is 25.0 Å². The molecule has 0 aliphatic rings. The van der Waals surface area contributed by atoms with Gasteiger partial charge in [-0.2, -0.15) is 5.10 Å². The quantitative estimate of drug-likeness (QED) is 0.480. The van der Waals surface area contributed by atoms with E-state index in [1.807, 2.05) is 0 Å². The minimum Gasteiger partial charge on any atom is -0.502 e. The Balaban J connectivity index is 2.04. The monoisotopic (exact) mass is 320 g/mol. The van der Waals surface area contributed by atoms with Gasteiger partial charge in [0.1, 0.15) is 4.92 Å². The largest absolute Gasteiger partial charge is 0.502 e. The lowest BCUT2D eigenvalue weighted by atomic mass is 10.2. The van der Waals surface area contributed by atoms with Crippen LogP contribution < -0.4 is 5.43 Å². The molecule has 0 radical (unpaired) electrons. The van der Waals surface area contributed by atoms with Gasteiger partial charge in [0, 0.05) is 11.6 Å². The molecule has 2 aromatic rings. The first-order valence-electron chi connectivity index (χ1n) is 5.93. The number of hydrogen-bond donors (Lipinski definition) is 2. The normalized spacial score (nSPS) is 10.6. The molecule has 0 aliphatic heterocycles. The smallest absolute Gasteiger partial charge is 0.433 e. The summed E-state index contributed by atoms with van der Waals surface area (Å²) in [5.41, 5.74) is 1.49. The number of furan rings is 1. The van der Waals surface area contributed by atoms with Crippen LogP contribution in [0.1, 0.15) is 16.1 Å². The summed E-state index contributed by atoms with van der Waals surface area (Å²) in [5, 5.41) is 33.9. The van der Waals surface area contributed by atoms with Crippen LogP contribution in [0.2, 0.25) is 0 Å². The first kappa shape index (κ1) is 15.6. The summed E-state index contributed by atoms with van der Waals surface area (Å²) >= 11 is 0. The van der Waals surface area contributed by atoms with Crippen molar-refractivity contribution >= 4 is 23.7 Å². The first-order chi connectivity index (χ1) is 10.9. The third-order valence-electron chi connectivity index (χ3n) is 2.58. The molecular formula is C12H8N4O7. The van der Waals surface area contributed by atoms with E-state index < -0.39 is 33.1 Å². The lowest BCUT2D eigenvalue weighted by Gasteiger charge is -2.01. The van der Waals surface area contributed by atoms with Crippen LogP contribution in [0.4, 0.5) is 11.6 Å². The molecule has 2 rings (SSSR count). The Morgan fingerprint density at radius 1 is 1.22 bits per heavy atom. The van der Waals surface area contributed by atoms with Gasteiger partial charge in [-0.15, -0.1) is 0 Å². The number of benzene rings is 1.